The third-order valence-corrected chi connectivity index (χ3v) is 2.55. The maximum absolute atomic E-state index is 11.0. The topological polar surface area (TPSA) is 53.1 Å². The van der Waals surface area contributed by atoms with Gasteiger partial charge in [-0.3, -0.25) is 0 Å². The average Bonchev–Trinajstić information content (AvgIpc) is 2.62. The predicted molar refractivity (Wildman–Crippen MR) is 59.3 cm³/mol. The molecule has 0 spiro atoms. The van der Waals surface area contributed by atoms with E-state index in [0.717, 1.165) is 23.7 Å². The Morgan fingerprint density at radius 3 is 2.93 bits per heavy atom. The van der Waals surface area contributed by atoms with Gasteiger partial charge < -0.3 is 10.1 Å². The number of carboxylic acid groups (broad SMARTS) is 1. The molecule has 78 valence electrons. The summed E-state index contributed by atoms with van der Waals surface area (Å²) in [7, 11) is 0. The summed E-state index contributed by atoms with van der Waals surface area (Å²) in [5.41, 5.74) is 2.26. The lowest BCUT2D eigenvalue weighted by Gasteiger charge is -1.98. The lowest BCUT2D eigenvalue weighted by molar-refractivity contribution is 0.0699. The molecule has 1 aromatic heterocycles. The highest BCUT2D eigenvalue weighted by Gasteiger charge is 2.11. The zero-order valence-electron chi connectivity index (χ0n) is 8.58. The Hall–Kier alpha value is -1.77. The number of aryl methyl sites for hydroxylation is 1. The molecule has 2 N–H and O–H groups in total. The van der Waals surface area contributed by atoms with Gasteiger partial charge in [0, 0.05) is 11.6 Å². The van der Waals surface area contributed by atoms with Gasteiger partial charge in [0.25, 0.3) is 0 Å². The van der Waals surface area contributed by atoms with Crippen molar-refractivity contribution >= 4 is 16.9 Å². The molecule has 2 aromatic rings. The number of carboxylic acids is 1. The minimum atomic E-state index is -0.884. The van der Waals surface area contributed by atoms with Crippen LogP contribution in [0.25, 0.3) is 10.9 Å². The molecular weight excluding hydrogens is 190 g/mol. The highest BCUT2D eigenvalue weighted by Crippen LogP contribution is 2.22. The van der Waals surface area contributed by atoms with E-state index in [1.165, 1.54) is 5.56 Å². The van der Waals surface area contributed by atoms with Crippen LogP contribution in [-0.2, 0) is 6.42 Å². The summed E-state index contributed by atoms with van der Waals surface area (Å²) < 4.78 is 0. The van der Waals surface area contributed by atoms with Crippen molar-refractivity contribution in [1.82, 2.24) is 4.98 Å². The number of hydrogen-bond acceptors (Lipinski definition) is 1. The fraction of sp³-hybridized carbons (Fsp3) is 0.250. The number of nitrogens with one attached hydrogen (secondary N) is 1. The summed E-state index contributed by atoms with van der Waals surface area (Å²) in [6, 6.07) is 5.37. The van der Waals surface area contributed by atoms with Gasteiger partial charge in [-0.25, -0.2) is 4.79 Å². The van der Waals surface area contributed by atoms with E-state index in [9.17, 15) is 4.79 Å². The van der Waals surface area contributed by atoms with Crippen molar-refractivity contribution in [3.05, 3.63) is 35.5 Å². The fourth-order valence-electron chi connectivity index (χ4n) is 1.87. The number of aromatic carboxylic acids is 1. The predicted octanol–water partition coefficient (Wildman–Crippen LogP) is 2.82. The number of rotatable bonds is 3. The maximum Gasteiger partial charge on any atom is 0.337 e. The number of carbonyl (C=O) groups is 1. The Kier molecular flexibility index (Phi) is 2.46. The van der Waals surface area contributed by atoms with Crippen LogP contribution < -0.4 is 0 Å². The van der Waals surface area contributed by atoms with E-state index in [1.54, 1.807) is 12.1 Å². The summed E-state index contributed by atoms with van der Waals surface area (Å²) in [6.07, 6.45) is 3.94. The van der Waals surface area contributed by atoms with Gasteiger partial charge in [0.15, 0.2) is 0 Å². The zero-order valence-corrected chi connectivity index (χ0v) is 8.58. The van der Waals surface area contributed by atoms with Gasteiger partial charge in [-0.15, -0.1) is 0 Å². The second-order valence-corrected chi connectivity index (χ2v) is 3.60. The molecule has 15 heavy (non-hydrogen) atoms. The lowest BCUT2D eigenvalue weighted by atomic mass is 10.1. The highest BCUT2D eigenvalue weighted by atomic mass is 16.4. The maximum atomic E-state index is 11.0. The second kappa shape index (κ2) is 3.77. The van der Waals surface area contributed by atoms with Crippen LogP contribution in [0.3, 0.4) is 0 Å². The molecule has 0 unspecified atom stereocenters. The number of aromatic amines is 1. The van der Waals surface area contributed by atoms with Gasteiger partial charge in [0.2, 0.25) is 0 Å². The van der Waals surface area contributed by atoms with Crippen molar-refractivity contribution in [2.75, 3.05) is 0 Å². The van der Waals surface area contributed by atoms with E-state index in [1.807, 2.05) is 12.3 Å². The molecule has 0 aliphatic heterocycles. The minimum Gasteiger partial charge on any atom is -0.478 e. The van der Waals surface area contributed by atoms with Crippen LogP contribution in [-0.4, -0.2) is 16.1 Å². The van der Waals surface area contributed by atoms with Crippen molar-refractivity contribution < 1.29 is 9.90 Å². The molecule has 2 rings (SSSR count). The molecule has 0 aliphatic rings. The molecule has 0 radical (unpaired) electrons. The minimum absolute atomic E-state index is 0.342. The molecule has 0 bridgehead atoms. The van der Waals surface area contributed by atoms with E-state index in [4.69, 9.17) is 5.11 Å². The standard InChI is InChI=1S/C12H13NO2/c1-2-4-8-7-13-11-9(8)5-3-6-10(11)12(14)15/h3,5-7,13H,2,4H2,1H3,(H,14,15). The van der Waals surface area contributed by atoms with Crippen molar-refractivity contribution in [2.24, 2.45) is 0 Å². The van der Waals surface area contributed by atoms with Crippen LogP contribution in [0, 0.1) is 0 Å². The third-order valence-electron chi connectivity index (χ3n) is 2.55. The van der Waals surface area contributed by atoms with Gasteiger partial charge in [-0.1, -0.05) is 25.5 Å². The molecule has 0 amide bonds. The molecule has 0 saturated heterocycles. The monoisotopic (exact) mass is 203 g/mol. The summed E-state index contributed by atoms with van der Waals surface area (Å²) in [4.78, 5) is 14.0. The number of benzene rings is 1. The van der Waals surface area contributed by atoms with Gasteiger partial charge in [0.05, 0.1) is 11.1 Å². The summed E-state index contributed by atoms with van der Waals surface area (Å²) in [5, 5.41) is 10.0. The van der Waals surface area contributed by atoms with Crippen LogP contribution in [0.4, 0.5) is 0 Å². The number of fused-ring (bicyclic) bond motifs is 1. The molecule has 3 heteroatoms. The first-order valence-corrected chi connectivity index (χ1v) is 5.06. The van der Waals surface area contributed by atoms with E-state index in [-0.39, 0.29) is 0 Å². The van der Waals surface area contributed by atoms with Gasteiger partial charge in [0.1, 0.15) is 0 Å². The van der Waals surface area contributed by atoms with Crippen LogP contribution in [0.5, 0.6) is 0 Å². The molecule has 0 aliphatic carbocycles. The smallest absolute Gasteiger partial charge is 0.337 e. The Labute approximate surface area is 87.7 Å². The van der Waals surface area contributed by atoms with Crippen LogP contribution in [0.15, 0.2) is 24.4 Å². The van der Waals surface area contributed by atoms with Crippen LogP contribution >= 0.6 is 0 Å². The first-order valence-electron chi connectivity index (χ1n) is 5.06. The highest BCUT2D eigenvalue weighted by molar-refractivity contribution is 6.02. The largest absolute Gasteiger partial charge is 0.478 e. The first kappa shape index (κ1) is 9.77. The number of H-pyrrole nitrogens is 1. The van der Waals surface area contributed by atoms with Gasteiger partial charge in [-0.2, -0.15) is 0 Å². The fourth-order valence-corrected chi connectivity index (χ4v) is 1.87. The summed E-state index contributed by atoms with van der Waals surface area (Å²) in [6.45, 7) is 2.11. The summed E-state index contributed by atoms with van der Waals surface area (Å²) in [5.74, 6) is -0.884. The van der Waals surface area contributed by atoms with E-state index >= 15 is 0 Å². The van der Waals surface area contributed by atoms with Crippen molar-refractivity contribution in [3.8, 4) is 0 Å². The molecule has 0 fully saturated rings. The van der Waals surface area contributed by atoms with Crippen molar-refractivity contribution in [3.63, 3.8) is 0 Å². The first-order chi connectivity index (χ1) is 7.24. The average molecular weight is 203 g/mol. The Morgan fingerprint density at radius 1 is 1.47 bits per heavy atom. The van der Waals surface area contributed by atoms with Crippen LogP contribution in [0.2, 0.25) is 0 Å². The van der Waals surface area contributed by atoms with Crippen LogP contribution in [0.1, 0.15) is 29.3 Å². The van der Waals surface area contributed by atoms with Crippen molar-refractivity contribution in [2.45, 2.75) is 19.8 Å². The van der Waals surface area contributed by atoms with E-state index < -0.39 is 5.97 Å². The SMILES string of the molecule is CCCc1c[nH]c2c(C(=O)O)cccc12. The number of hydrogen-bond donors (Lipinski definition) is 2. The molecule has 0 atom stereocenters. The molecule has 3 nitrogen and oxygen atoms in total. The molecular formula is C12H13NO2. The summed E-state index contributed by atoms with van der Waals surface area (Å²) >= 11 is 0. The molecule has 1 heterocycles. The number of aromatic nitrogens is 1. The quantitative estimate of drug-likeness (QED) is 0.805. The Bertz CT molecular complexity index is 499. The number of para-hydroxylation sites is 1. The van der Waals surface area contributed by atoms with E-state index in [0.29, 0.717) is 5.56 Å². The molecule has 0 saturated carbocycles. The zero-order chi connectivity index (χ0) is 10.8. The lowest BCUT2D eigenvalue weighted by Crippen LogP contribution is -1.96. The second-order valence-electron chi connectivity index (χ2n) is 3.60. The molecule has 1 aromatic carbocycles. The third kappa shape index (κ3) is 1.61. The van der Waals surface area contributed by atoms with Gasteiger partial charge in [-0.05, 0) is 18.1 Å². The van der Waals surface area contributed by atoms with E-state index in [2.05, 4.69) is 11.9 Å². The Morgan fingerprint density at radius 2 is 2.27 bits per heavy atom. The Balaban J connectivity index is 2.63. The van der Waals surface area contributed by atoms with Crippen molar-refractivity contribution in [1.29, 1.82) is 0 Å². The van der Waals surface area contributed by atoms with Gasteiger partial charge >= 0.3 is 5.97 Å². The normalized spacial score (nSPS) is 10.7.